The van der Waals surface area contributed by atoms with Crippen LogP contribution in [0.5, 0.6) is 0 Å². The Labute approximate surface area is 177 Å². The number of aliphatic hydroxyl groups is 1. The summed E-state index contributed by atoms with van der Waals surface area (Å²) >= 11 is 0. The Morgan fingerprint density at radius 3 is 2.55 bits per heavy atom. The predicted octanol–water partition coefficient (Wildman–Crippen LogP) is 2.46. The Morgan fingerprint density at radius 1 is 1.10 bits per heavy atom. The SMILES string of the molecule is C[C@]12CC[C@H](S(=O)CCCN)CC1[C@@H](CO)C(=O)[C@@H]1[C@@H]2CC[C@]2(C)C(=O)CC[C@@H]12. The van der Waals surface area contributed by atoms with Gasteiger partial charge in [-0.1, -0.05) is 13.8 Å². The molecule has 0 aliphatic heterocycles. The summed E-state index contributed by atoms with van der Waals surface area (Å²) in [4.78, 5) is 26.3. The molecular formula is C23H37NO4S. The number of Topliss-reactive ketones (excluding diaryl/α,β-unsaturated/α-hetero) is 2. The standard InChI is InChI=1S/C23H37NO4S/c1-22-8-6-14(29(28)11-3-10-24)12-18(22)15(13-25)21(27)20-16-4-5-19(26)23(16,2)9-7-17(20)22/h14-18,20,25H,3-13,24H2,1-2H3/t14-,15+,16-,17-,18?,20-,22+,23-,29?/m0/s1. The molecule has 6 heteroatoms. The topological polar surface area (TPSA) is 97.5 Å². The van der Waals surface area contributed by atoms with Crippen molar-refractivity contribution < 1.29 is 18.9 Å². The summed E-state index contributed by atoms with van der Waals surface area (Å²) in [6, 6.07) is 0. The van der Waals surface area contributed by atoms with E-state index in [-0.39, 0.29) is 52.1 Å². The third kappa shape index (κ3) is 3.20. The molecule has 4 aliphatic carbocycles. The van der Waals surface area contributed by atoms with Crippen molar-refractivity contribution in [1.29, 1.82) is 0 Å². The summed E-state index contributed by atoms with van der Waals surface area (Å²) in [5.74, 6) is 1.25. The number of nitrogens with two attached hydrogens (primary N) is 1. The first-order valence-corrected chi connectivity index (χ1v) is 12.9. The smallest absolute Gasteiger partial charge is 0.142 e. The molecule has 0 radical (unpaired) electrons. The van der Waals surface area contributed by atoms with E-state index in [1.54, 1.807) is 0 Å². The van der Waals surface area contributed by atoms with E-state index in [4.69, 9.17) is 5.73 Å². The van der Waals surface area contributed by atoms with Crippen molar-refractivity contribution >= 4 is 22.4 Å². The van der Waals surface area contributed by atoms with Gasteiger partial charge in [0.25, 0.3) is 0 Å². The number of aliphatic hydroxyl groups excluding tert-OH is 1. The second-order valence-corrected chi connectivity index (χ2v) is 12.4. The van der Waals surface area contributed by atoms with E-state index < -0.39 is 10.8 Å². The summed E-state index contributed by atoms with van der Waals surface area (Å²) in [5.41, 5.74) is 5.24. The van der Waals surface area contributed by atoms with Gasteiger partial charge in [0.15, 0.2) is 0 Å². The third-order valence-corrected chi connectivity index (χ3v) is 11.4. The number of ketones is 2. The second kappa shape index (κ2) is 7.83. The molecule has 4 saturated carbocycles. The van der Waals surface area contributed by atoms with E-state index >= 15 is 0 Å². The van der Waals surface area contributed by atoms with E-state index in [0.29, 0.717) is 30.4 Å². The average Bonchev–Trinajstić information content (AvgIpc) is 3.01. The molecule has 4 aliphatic rings. The molecule has 164 valence electrons. The summed E-state index contributed by atoms with van der Waals surface area (Å²) in [6.07, 6.45) is 6.70. The van der Waals surface area contributed by atoms with Crippen molar-refractivity contribution in [3.05, 3.63) is 0 Å². The molecule has 9 atom stereocenters. The number of carbonyl (C=O) groups excluding carboxylic acids is 2. The molecule has 3 N–H and O–H groups in total. The second-order valence-electron chi connectivity index (χ2n) is 10.6. The van der Waals surface area contributed by atoms with Crippen LogP contribution in [0.15, 0.2) is 0 Å². The molecule has 0 saturated heterocycles. The van der Waals surface area contributed by atoms with Crippen molar-refractivity contribution in [2.45, 2.75) is 70.5 Å². The predicted molar refractivity (Wildman–Crippen MR) is 114 cm³/mol. The summed E-state index contributed by atoms with van der Waals surface area (Å²) in [7, 11) is -0.911. The van der Waals surface area contributed by atoms with Crippen LogP contribution in [0.25, 0.3) is 0 Å². The zero-order valence-corrected chi connectivity index (χ0v) is 18.7. The van der Waals surface area contributed by atoms with Crippen molar-refractivity contribution in [3.63, 3.8) is 0 Å². The molecule has 0 bridgehead atoms. The first-order chi connectivity index (χ1) is 13.8. The molecule has 5 nitrogen and oxygen atoms in total. The molecule has 0 aromatic rings. The number of hydrogen-bond donors (Lipinski definition) is 2. The van der Waals surface area contributed by atoms with Gasteiger partial charge in [-0.3, -0.25) is 13.8 Å². The zero-order valence-electron chi connectivity index (χ0n) is 17.9. The first-order valence-electron chi connectivity index (χ1n) is 11.5. The zero-order chi connectivity index (χ0) is 21.0. The third-order valence-electron chi connectivity index (χ3n) is 9.49. The molecule has 0 spiro atoms. The molecule has 0 heterocycles. The number of carbonyl (C=O) groups is 2. The van der Waals surface area contributed by atoms with E-state index in [1.807, 2.05) is 0 Å². The van der Waals surface area contributed by atoms with Crippen LogP contribution >= 0.6 is 0 Å². The molecule has 2 unspecified atom stereocenters. The Bertz CT molecular complexity index is 711. The van der Waals surface area contributed by atoms with Gasteiger partial charge in [-0.15, -0.1) is 0 Å². The maximum absolute atomic E-state index is 13.7. The Hall–Kier alpha value is -0.590. The van der Waals surface area contributed by atoms with Gasteiger partial charge < -0.3 is 10.8 Å². The number of hydrogen-bond acceptors (Lipinski definition) is 5. The van der Waals surface area contributed by atoms with Gasteiger partial charge in [-0.05, 0) is 74.7 Å². The van der Waals surface area contributed by atoms with Crippen LogP contribution in [-0.2, 0) is 20.4 Å². The fraction of sp³-hybridized carbons (Fsp3) is 0.913. The fourth-order valence-electron chi connectivity index (χ4n) is 7.76. The van der Waals surface area contributed by atoms with Crippen LogP contribution in [0.3, 0.4) is 0 Å². The summed E-state index contributed by atoms with van der Waals surface area (Å²) in [5, 5.41) is 10.4. The van der Waals surface area contributed by atoms with Crippen LogP contribution in [0, 0.1) is 40.4 Å². The lowest BCUT2D eigenvalue weighted by molar-refractivity contribution is -0.169. The molecule has 0 aromatic heterocycles. The summed E-state index contributed by atoms with van der Waals surface area (Å²) < 4.78 is 12.8. The van der Waals surface area contributed by atoms with Crippen LogP contribution < -0.4 is 5.73 Å². The minimum Gasteiger partial charge on any atom is -0.396 e. The quantitative estimate of drug-likeness (QED) is 0.708. The van der Waals surface area contributed by atoms with Gasteiger partial charge in [0.1, 0.15) is 11.6 Å². The van der Waals surface area contributed by atoms with Crippen LogP contribution in [-0.4, -0.2) is 45.0 Å². The maximum atomic E-state index is 13.7. The highest BCUT2D eigenvalue weighted by molar-refractivity contribution is 7.85. The van der Waals surface area contributed by atoms with Crippen LogP contribution in [0.4, 0.5) is 0 Å². The van der Waals surface area contributed by atoms with Gasteiger partial charge in [-0.25, -0.2) is 0 Å². The van der Waals surface area contributed by atoms with Gasteiger partial charge in [-0.2, -0.15) is 0 Å². The first kappa shape index (κ1) is 21.6. The van der Waals surface area contributed by atoms with E-state index in [0.717, 1.165) is 44.9 Å². The summed E-state index contributed by atoms with van der Waals surface area (Å²) in [6.45, 7) is 4.83. The Kier molecular flexibility index (Phi) is 5.84. The van der Waals surface area contributed by atoms with Crippen LogP contribution in [0.2, 0.25) is 0 Å². The average molecular weight is 424 g/mol. The number of fused-ring (bicyclic) bond motifs is 5. The highest BCUT2D eigenvalue weighted by Crippen LogP contribution is 2.65. The van der Waals surface area contributed by atoms with Crippen molar-refractivity contribution in [2.75, 3.05) is 18.9 Å². The normalized spacial score (nSPS) is 48.0. The minimum atomic E-state index is -0.911. The van der Waals surface area contributed by atoms with Gasteiger partial charge in [0.2, 0.25) is 0 Å². The lowest BCUT2D eigenvalue weighted by atomic mass is 9.43. The lowest BCUT2D eigenvalue weighted by Gasteiger charge is -2.61. The van der Waals surface area contributed by atoms with E-state index in [2.05, 4.69) is 13.8 Å². The van der Waals surface area contributed by atoms with Crippen LogP contribution in [0.1, 0.15) is 65.2 Å². The van der Waals surface area contributed by atoms with Crippen molar-refractivity contribution in [1.82, 2.24) is 0 Å². The van der Waals surface area contributed by atoms with Gasteiger partial charge in [0, 0.05) is 45.5 Å². The Morgan fingerprint density at radius 2 is 1.86 bits per heavy atom. The minimum absolute atomic E-state index is 0.00644. The van der Waals surface area contributed by atoms with Gasteiger partial charge in [0.05, 0.1) is 6.61 Å². The largest absolute Gasteiger partial charge is 0.396 e. The molecule has 0 aromatic carbocycles. The monoisotopic (exact) mass is 423 g/mol. The highest BCUT2D eigenvalue weighted by Gasteiger charge is 2.65. The van der Waals surface area contributed by atoms with Crippen molar-refractivity contribution in [3.8, 4) is 0 Å². The highest BCUT2D eigenvalue weighted by atomic mass is 32.2. The molecule has 4 fully saturated rings. The maximum Gasteiger partial charge on any atom is 0.142 e. The molecule has 4 rings (SSSR count). The van der Waals surface area contributed by atoms with Gasteiger partial charge >= 0.3 is 0 Å². The molecule has 0 amide bonds. The van der Waals surface area contributed by atoms with Crippen molar-refractivity contribution in [2.24, 2.45) is 46.2 Å². The van der Waals surface area contributed by atoms with E-state index in [9.17, 15) is 18.9 Å². The number of rotatable bonds is 5. The molecule has 29 heavy (non-hydrogen) atoms. The Balaban J connectivity index is 1.63. The molecular weight excluding hydrogens is 386 g/mol. The lowest BCUT2D eigenvalue weighted by Crippen LogP contribution is -2.61. The fourth-order valence-corrected chi connectivity index (χ4v) is 9.34. The van der Waals surface area contributed by atoms with E-state index in [1.165, 1.54) is 0 Å².